The van der Waals surface area contributed by atoms with E-state index in [1.165, 1.54) is 0 Å². The lowest BCUT2D eigenvalue weighted by Crippen LogP contribution is -2.22. The number of anilines is 1. The second kappa shape index (κ2) is 8.12. The van der Waals surface area contributed by atoms with Crippen LogP contribution in [0.5, 0.6) is 0 Å². The first kappa shape index (κ1) is 17.4. The summed E-state index contributed by atoms with van der Waals surface area (Å²) in [6.45, 7) is 2.42. The Balaban J connectivity index is 1.86. The minimum Gasteiger partial charge on any atom is -0.352 e. The van der Waals surface area contributed by atoms with Crippen molar-refractivity contribution in [2.24, 2.45) is 0 Å². The predicted molar refractivity (Wildman–Crippen MR) is 104 cm³/mol. The third-order valence-corrected chi connectivity index (χ3v) is 3.98. The van der Waals surface area contributed by atoms with E-state index in [0.29, 0.717) is 23.4 Å². The first-order chi connectivity index (χ1) is 12.7. The molecule has 0 aromatic heterocycles. The van der Waals surface area contributed by atoms with Gasteiger partial charge in [-0.1, -0.05) is 54.6 Å². The minimum absolute atomic E-state index is 0.159. The molecule has 0 radical (unpaired) electrons. The van der Waals surface area contributed by atoms with Crippen LogP contribution in [0, 0.1) is 0 Å². The summed E-state index contributed by atoms with van der Waals surface area (Å²) < 4.78 is 0. The summed E-state index contributed by atoms with van der Waals surface area (Å²) in [5.41, 5.74) is 3.53. The fourth-order valence-electron chi connectivity index (χ4n) is 2.75. The van der Waals surface area contributed by atoms with Crippen LogP contribution in [0.2, 0.25) is 0 Å². The van der Waals surface area contributed by atoms with Gasteiger partial charge in [0.05, 0.1) is 0 Å². The van der Waals surface area contributed by atoms with Gasteiger partial charge < -0.3 is 10.6 Å². The summed E-state index contributed by atoms with van der Waals surface area (Å²) in [6.07, 6.45) is 0. The van der Waals surface area contributed by atoms with Crippen molar-refractivity contribution in [3.8, 4) is 11.1 Å². The molecule has 0 aliphatic rings. The van der Waals surface area contributed by atoms with E-state index >= 15 is 0 Å². The molecule has 0 fully saturated rings. The third kappa shape index (κ3) is 3.98. The number of amides is 2. The molecule has 3 aromatic carbocycles. The predicted octanol–water partition coefficient (Wildman–Crippen LogP) is 4.36. The molecule has 0 saturated heterocycles. The van der Waals surface area contributed by atoms with Gasteiger partial charge in [-0.3, -0.25) is 9.59 Å². The molecular formula is C22H20N2O2. The Morgan fingerprint density at radius 1 is 0.808 bits per heavy atom. The van der Waals surface area contributed by atoms with Gasteiger partial charge in [-0.2, -0.15) is 0 Å². The highest BCUT2D eigenvalue weighted by atomic mass is 16.2. The molecular weight excluding hydrogens is 324 g/mol. The van der Waals surface area contributed by atoms with E-state index in [0.717, 1.165) is 11.1 Å². The Bertz CT molecular complexity index is 920. The van der Waals surface area contributed by atoms with Gasteiger partial charge in [0.25, 0.3) is 11.8 Å². The van der Waals surface area contributed by atoms with Crippen LogP contribution in [-0.4, -0.2) is 18.4 Å². The van der Waals surface area contributed by atoms with E-state index in [1.807, 2.05) is 55.5 Å². The fraction of sp³-hybridized carbons (Fsp3) is 0.0909. The van der Waals surface area contributed by atoms with E-state index in [1.54, 1.807) is 30.3 Å². The molecule has 4 nitrogen and oxygen atoms in total. The summed E-state index contributed by atoms with van der Waals surface area (Å²) in [4.78, 5) is 24.8. The highest BCUT2D eigenvalue weighted by molar-refractivity contribution is 6.09. The Kier molecular flexibility index (Phi) is 5.44. The quantitative estimate of drug-likeness (QED) is 0.723. The lowest BCUT2D eigenvalue weighted by Gasteiger charge is -2.11. The van der Waals surface area contributed by atoms with Crippen molar-refractivity contribution < 1.29 is 9.59 Å². The number of carbonyl (C=O) groups excluding carboxylic acids is 2. The molecule has 3 rings (SSSR count). The van der Waals surface area contributed by atoms with Crippen LogP contribution < -0.4 is 10.6 Å². The Labute approximate surface area is 152 Å². The van der Waals surface area contributed by atoms with Crippen LogP contribution in [0.1, 0.15) is 27.6 Å². The SMILES string of the molecule is CCNC(=O)c1cccc(NC(=O)c2ccccc2-c2ccccc2)c1. The summed E-state index contributed by atoms with van der Waals surface area (Å²) in [5.74, 6) is -0.370. The van der Waals surface area contributed by atoms with Gasteiger partial charge in [-0.25, -0.2) is 0 Å². The maximum Gasteiger partial charge on any atom is 0.256 e. The van der Waals surface area contributed by atoms with Gasteiger partial charge in [0.1, 0.15) is 0 Å². The standard InChI is InChI=1S/C22H20N2O2/c1-2-23-21(25)17-11-8-12-18(15-17)24-22(26)20-14-7-6-13-19(20)16-9-4-3-5-10-16/h3-15H,2H2,1H3,(H,23,25)(H,24,26). The number of hydrogen-bond acceptors (Lipinski definition) is 2. The fourth-order valence-corrected chi connectivity index (χ4v) is 2.75. The highest BCUT2D eigenvalue weighted by Crippen LogP contribution is 2.24. The van der Waals surface area contributed by atoms with Crippen LogP contribution in [0.15, 0.2) is 78.9 Å². The van der Waals surface area contributed by atoms with E-state index in [9.17, 15) is 9.59 Å². The van der Waals surface area contributed by atoms with Crippen LogP contribution >= 0.6 is 0 Å². The van der Waals surface area contributed by atoms with E-state index in [-0.39, 0.29) is 11.8 Å². The molecule has 3 aromatic rings. The molecule has 0 saturated carbocycles. The van der Waals surface area contributed by atoms with Crippen LogP contribution in [0.25, 0.3) is 11.1 Å². The molecule has 26 heavy (non-hydrogen) atoms. The molecule has 0 spiro atoms. The lowest BCUT2D eigenvalue weighted by molar-refractivity contribution is 0.0954. The largest absolute Gasteiger partial charge is 0.352 e. The Morgan fingerprint density at radius 2 is 1.54 bits per heavy atom. The maximum absolute atomic E-state index is 12.8. The maximum atomic E-state index is 12.8. The van der Waals surface area contributed by atoms with E-state index in [4.69, 9.17) is 0 Å². The summed E-state index contributed by atoms with van der Waals surface area (Å²) in [6, 6.07) is 24.2. The molecule has 4 heteroatoms. The number of benzene rings is 3. The third-order valence-electron chi connectivity index (χ3n) is 3.98. The zero-order chi connectivity index (χ0) is 18.4. The Hall–Kier alpha value is -3.40. The van der Waals surface area contributed by atoms with Gasteiger partial charge >= 0.3 is 0 Å². The number of hydrogen-bond donors (Lipinski definition) is 2. The molecule has 0 atom stereocenters. The first-order valence-corrected chi connectivity index (χ1v) is 8.53. The van der Waals surface area contributed by atoms with Crippen molar-refractivity contribution in [1.82, 2.24) is 5.32 Å². The monoisotopic (exact) mass is 344 g/mol. The second-order valence-corrected chi connectivity index (χ2v) is 5.81. The van der Waals surface area contributed by atoms with Gasteiger partial charge in [0.15, 0.2) is 0 Å². The van der Waals surface area contributed by atoms with Crippen molar-refractivity contribution in [2.45, 2.75) is 6.92 Å². The molecule has 0 bridgehead atoms. The zero-order valence-corrected chi connectivity index (χ0v) is 14.5. The average molecular weight is 344 g/mol. The van der Waals surface area contributed by atoms with Gasteiger partial charge in [-0.15, -0.1) is 0 Å². The normalized spacial score (nSPS) is 10.2. The number of nitrogens with one attached hydrogen (secondary N) is 2. The zero-order valence-electron chi connectivity index (χ0n) is 14.5. The van der Waals surface area contributed by atoms with Crippen molar-refractivity contribution in [3.05, 3.63) is 90.0 Å². The van der Waals surface area contributed by atoms with Gasteiger partial charge in [-0.05, 0) is 42.3 Å². The van der Waals surface area contributed by atoms with Crippen molar-refractivity contribution in [1.29, 1.82) is 0 Å². The number of rotatable bonds is 5. The first-order valence-electron chi connectivity index (χ1n) is 8.53. The highest BCUT2D eigenvalue weighted by Gasteiger charge is 2.13. The van der Waals surface area contributed by atoms with Crippen LogP contribution in [0.4, 0.5) is 5.69 Å². The molecule has 0 aliphatic carbocycles. The molecule has 0 heterocycles. The molecule has 2 amide bonds. The number of carbonyl (C=O) groups is 2. The summed E-state index contributed by atoms with van der Waals surface area (Å²) >= 11 is 0. The molecule has 130 valence electrons. The van der Waals surface area contributed by atoms with Crippen molar-refractivity contribution in [3.63, 3.8) is 0 Å². The van der Waals surface area contributed by atoms with Crippen LogP contribution in [0.3, 0.4) is 0 Å². The summed E-state index contributed by atoms with van der Waals surface area (Å²) in [5, 5.41) is 5.64. The van der Waals surface area contributed by atoms with Crippen molar-refractivity contribution >= 4 is 17.5 Å². The molecule has 0 unspecified atom stereocenters. The average Bonchev–Trinajstić information content (AvgIpc) is 2.69. The van der Waals surface area contributed by atoms with Crippen LogP contribution in [-0.2, 0) is 0 Å². The van der Waals surface area contributed by atoms with E-state index < -0.39 is 0 Å². The van der Waals surface area contributed by atoms with Gasteiger partial charge in [0.2, 0.25) is 0 Å². The second-order valence-electron chi connectivity index (χ2n) is 5.81. The topological polar surface area (TPSA) is 58.2 Å². The smallest absolute Gasteiger partial charge is 0.256 e. The Morgan fingerprint density at radius 3 is 2.31 bits per heavy atom. The molecule has 2 N–H and O–H groups in total. The lowest BCUT2D eigenvalue weighted by atomic mass is 9.99. The minimum atomic E-state index is -0.211. The van der Waals surface area contributed by atoms with Gasteiger partial charge in [0, 0.05) is 23.4 Å². The molecule has 0 aliphatic heterocycles. The summed E-state index contributed by atoms with van der Waals surface area (Å²) in [7, 11) is 0. The van der Waals surface area contributed by atoms with E-state index in [2.05, 4.69) is 10.6 Å². The van der Waals surface area contributed by atoms with Crippen molar-refractivity contribution in [2.75, 3.05) is 11.9 Å².